The van der Waals surface area contributed by atoms with Gasteiger partial charge in [0, 0.05) is 24.2 Å². The number of anilines is 1. The van der Waals surface area contributed by atoms with E-state index in [1.165, 1.54) is 13.3 Å². The highest BCUT2D eigenvalue weighted by Crippen LogP contribution is 2.28. The highest BCUT2D eigenvalue weighted by Gasteiger charge is 2.33. The fourth-order valence-corrected chi connectivity index (χ4v) is 2.64. The molecule has 0 amide bonds. The lowest BCUT2D eigenvalue weighted by molar-refractivity contribution is -0.141. The lowest BCUT2D eigenvalue weighted by Gasteiger charge is -2.13. The van der Waals surface area contributed by atoms with Gasteiger partial charge in [-0.3, -0.25) is 0 Å². The Morgan fingerprint density at radius 3 is 2.75 bits per heavy atom. The number of aryl methyl sites for hydroxylation is 1. The molecule has 0 fully saturated rings. The Morgan fingerprint density at radius 2 is 1.96 bits per heavy atom. The molecule has 0 aliphatic carbocycles. The molecule has 0 saturated carbocycles. The maximum Gasteiger partial charge on any atom is 0.433 e. The van der Waals surface area contributed by atoms with Gasteiger partial charge in [0.2, 0.25) is 0 Å². The number of hydrogen-bond acceptors (Lipinski definition) is 6. The Morgan fingerprint density at radius 1 is 1.17 bits per heavy atom. The van der Waals surface area contributed by atoms with Crippen LogP contribution in [0.15, 0.2) is 12.4 Å². The summed E-state index contributed by atoms with van der Waals surface area (Å²) in [6.45, 7) is 3.25. The maximum atomic E-state index is 12.8. The van der Waals surface area contributed by atoms with Gasteiger partial charge < -0.3 is 10.6 Å². The lowest BCUT2D eigenvalue weighted by Crippen LogP contribution is -2.16. The zero-order valence-corrected chi connectivity index (χ0v) is 13.1. The molecule has 2 N–H and O–H groups in total. The van der Waals surface area contributed by atoms with E-state index in [1.807, 2.05) is 0 Å². The van der Waals surface area contributed by atoms with Crippen molar-refractivity contribution in [2.45, 2.75) is 32.5 Å². The predicted molar refractivity (Wildman–Crippen MR) is 81.4 cm³/mol. The van der Waals surface area contributed by atoms with E-state index in [0.717, 1.165) is 43.3 Å². The summed E-state index contributed by atoms with van der Waals surface area (Å²) in [5.41, 5.74) is 1.29. The number of alkyl halides is 3. The van der Waals surface area contributed by atoms with Crippen LogP contribution in [0.5, 0.6) is 0 Å². The summed E-state index contributed by atoms with van der Waals surface area (Å²) in [5, 5.41) is 6.33. The quantitative estimate of drug-likeness (QED) is 0.890. The van der Waals surface area contributed by atoms with Crippen molar-refractivity contribution in [3.63, 3.8) is 0 Å². The van der Waals surface area contributed by atoms with Gasteiger partial charge in [-0.25, -0.2) is 19.9 Å². The Kier molecular flexibility index (Phi) is 4.61. The average molecular weight is 338 g/mol. The van der Waals surface area contributed by atoms with Gasteiger partial charge in [0.15, 0.2) is 0 Å². The molecule has 128 valence electrons. The molecule has 0 spiro atoms. The zero-order valence-electron chi connectivity index (χ0n) is 13.1. The van der Waals surface area contributed by atoms with E-state index in [-0.39, 0.29) is 18.1 Å². The highest BCUT2D eigenvalue weighted by molar-refractivity contribution is 5.46. The van der Waals surface area contributed by atoms with Gasteiger partial charge >= 0.3 is 6.18 Å². The van der Waals surface area contributed by atoms with Crippen LogP contribution in [0.3, 0.4) is 0 Å². The second-order valence-electron chi connectivity index (χ2n) is 5.56. The predicted octanol–water partition coefficient (Wildman–Crippen LogP) is 1.89. The van der Waals surface area contributed by atoms with E-state index in [1.54, 1.807) is 0 Å². The average Bonchev–Trinajstić information content (AvgIpc) is 2.77. The van der Waals surface area contributed by atoms with Crippen molar-refractivity contribution >= 4 is 5.82 Å². The first-order valence-corrected chi connectivity index (χ1v) is 7.62. The molecule has 9 heteroatoms. The third kappa shape index (κ3) is 3.78. The van der Waals surface area contributed by atoms with Crippen molar-refractivity contribution in [3.8, 4) is 0 Å². The molecule has 3 heterocycles. The molecular formula is C15H17F3N6. The smallest absolute Gasteiger partial charge is 0.362 e. The van der Waals surface area contributed by atoms with Crippen molar-refractivity contribution in [1.29, 1.82) is 0 Å². The molecular weight excluding hydrogens is 321 g/mol. The molecule has 0 aromatic carbocycles. The standard InChI is InChI=1S/C15H17F3N6/c1-9-6-12(15(16,17)18)24-13(23-9)7-20-14-10-2-4-19-5-3-11(10)21-8-22-14/h6,8,19H,2-5,7H2,1H3,(H,20,21,22). The summed E-state index contributed by atoms with van der Waals surface area (Å²) < 4.78 is 38.5. The van der Waals surface area contributed by atoms with Crippen LogP contribution in [-0.4, -0.2) is 33.0 Å². The largest absolute Gasteiger partial charge is 0.433 e. The number of hydrogen-bond donors (Lipinski definition) is 2. The van der Waals surface area contributed by atoms with Crippen molar-refractivity contribution in [3.05, 3.63) is 40.9 Å². The first-order valence-electron chi connectivity index (χ1n) is 7.62. The van der Waals surface area contributed by atoms with Gasteiger partial charge in [-0.1, -0.05) is 0 Å². The molecule has 2 aromatic heterocycles. The van der Waals surface area contributed by atoms with Crippen molar-refractivity contribution in [2.24, 2.45) is 0 Å². The lowest BCUT2D eigenvalue weighted by atomic mass is 10.1. The number of fused-ring (bicyclic) bond motifs is 1. The van der Waals surface area contributed by atoms with Crippen molar-refractivity contribution in [1.82, 2.24) is 25.3 Å². The van der Waals surface area contributed by atoms with Crippen LogP contribution in [-0.2, 0) is 25.6 Å². The van der Waals surface area contributed by atoms with Crippen LogP contribution in [0.1, 0.15) is 28.5 Å². The van der Waals surface area contributed by atoms with Gasteiger partial charge in [0.25, 0.3) is 0 Å². The third-order valence-electron chi connectivity index (χ3n) is 3.73. The van der Waals surface area contributed by atoms with Crippen LogP contribution in [0.4, 0.5) is 19.0 Å². The molecule has 1 aliphatic rings. The number of nitrogens with zero attached hydrogens (tertiary/aromatic N) is 4. The van der Waals surface area contributed by atoms with Crippen LogP contribution in [0.25, 0.3) is 0 Å². The molecule has 0 saturated heterocycles. The summed E-state index contributed by atoms with van der Waals surface area (Å²) in [5.74, 6) is 0.712. The van der Waals surface area contributed by atoms with Gasteiger partial charge in [-0.05, 0) is 26.0 Å². The second-order valence-corrected chi connectivity index (χ2v) is 5.56. The Bertz CT molecular complexity index is 732. The van der Waals surface area contributed by atoms with E-state index in [4.69, 9.17) is 0 Å². The first-order chi connectivity index (χ1) is 11.4. The normalized spacial score (nSPS) is 14.8. The highest BCUT2D eigenvalue weighted by atomic mass is 19.4. The van der Waals surface area contributed by atoms with Crippen LogP contribution in [0.2, 0.25) is 0 Å². The minimum absolute atomic E-state index is 0.0711. The molecule has 0 atom stereocenters. The molecule has 0 radical (unpaired) electrons. The summed E-state index contributed by atoms with van der Waals surface area (Å²) in [7, 11) is 0. The van der Waals surface area contributed by atoms with Gasteiger partial charge in [0.05, 0.1) is 12.2 Å². The maximum absolute atomic E-state index is 12.8. The molecule has 3 rings (SSSR count). The fourth-order valence-electron chi connectivity index (χ4n) is 2.64. The van der Waals surface area contributed by atoms with Gasteiger partial charge in [0.1, 0.15) is 23.7 Å². The van der Waals surface area contributed by atoms with E-state index in [0.29, 0.717) is 5.82 Å². The van der Waals surface area contributed by atoms with E-state index in [9.17, 15) is 13.2 Å². The van der Waals surface area contributed by atoms with Crippen molar-refractivity contribution < 1.29 is 13.2 Å². The zero-order chi connectivity index (χ0) is 17.2. The van der Waals surface area contributed by atoms with Gasteiger partial charge in [-0.15, -0.1) is 0 Å². The summed E-state index contributed by atoms with van der Waals surface area (Å²) >= 11 is 0. The Labute approximate surface area is 137 Å². The second kappa shape index (κ2) is 6.68. The van der Waals surface area contributed by atoms with E-state index in [2.05, 4.69) is 30.6 Å². The van der Waals surface area contributed by atoms with Crippen LogP contribution < -0.4 is 10.6 Å². The number of aromatic nitrogens is 4. The number of nitrogens with one attached hydrogen (secondary N) is 2. The third-order valence-corrected chi connectivity index (χ3v) is 3.73. The summed E-state index contributed by atoms with van der Waals surface area (Å²) in [6, 6.07) is 0.936. The molecule has 0 bridgehead atoms. The molecule has 24 heavy (non-hydrogen) atoms. The van der Waals surface area contributed by atoms with Crippen LogP contribution >= 0.6 is 0 Å². The van der Waals surface area contributed by atoms with Gasteiger partial charge in [-0.2, -0.15) is 13.2 Å². The molecule has 6 nitrogen and oxygen atoms in total. The Hall–Kier alpha value is -2.29. The summed E-state index contributed by atoms with van der Waals surface area (Å²) in [6.07, 6.45) is -1.46. The monoisotopic (exact) mass is 338 g/mol. The fraction of sp³-hybridized carbons (Fsp3) is 0.467. The minimum Gasteiger partial charge on any atom is -0.362 e. The van der Waals surface area contributed by atoms with E-state index < -0.39 is 11.9 Å². The Balaban J connectivity index is 1.81. The van der Waals surface area contributed by atoms with E-state index >= 15 is 0 Å². The number of halogens is 3. The SMILES string of the molecule is Cc1cc(C(F)(F)F)nc(CNc2ncnc3c2CCNCC3)n1. The molecule has 0 unspecified atom stereocenters. The van der Waals surface area contributed by atoms with Crippen molar-refractivity contribution in [2.75, 3.05) is 18.4 Å². The molecule has 2 aromatic rings. The minimum atomic E-state index is -4.49. The topological polar surface area (TPSA) is 75.6 Å². The number of rotatable bonds is 3. The van der Waals surface area contributed by atoms with Crippen LogP contribution in [0, 0.1) is 6.92 Å². The first kappa shape index (κ1) is 16.6. The summed E-state index contributed by atoms with van der Waals surface area (Å²) in [4.78, 5) is 16.2. The molecule has 1 aliphatic heterocycles.